The number of aliphatic hydroxyl groups is 1. The van der Waals surface area contributed by atoms with Gasteiger partial charge < -0.3 is 11.3 Å². The van der Waals surface area contributed by atoms with E-state index < -0.39 is 0 Å². The van der Waals surface area contributed by atoms with Crippen molar-refractivity contribution in [3.63, 3.8) is 0 Å². The Hall–Kier alpha value is -0.350. The molecule has 0 aliphatic heterocycles. The van der Waals surface area contributed by atoms with Gasteiger partial charge in [-0.2, -0.15) is 0 Å². The molecule has 66 valence electrons. The molecule has 4 heteroatoms. The summed E-state index contributed by atoms with van der Waals surface area (Å²) in [5, 5.41) is 8.71. The molecule has 0 aliphatic rings. The maximum atomic E-state index is 10.9. The van der Waals surface area contributed by atoms with Gasteiger partial charge in [-0.3, -0.25) is 0 Å². The van der Waals surface area contributed by atoms with Crippen LogP contribution in [0.3, 0.4) is 0 Å². The Labute approximate surface area is 100 Å². The van der Waals surface area contributed by atoms with E-state index in [2.05, 4.69) is 4.74 Å². The van der Waals surface area contributed by atoms with Gasteiger partial charge in [0.1, 0.15) is 0 Å². The number of ether oxygens (including phenoxy) is 1. The van der Waals surface area contributed by atoms with Crippen LogP contribution in [-0.2, 0) is 11.3 Å². The summed E-state index contributed by atoms with van der Waals surface area (Å²) in [6, 6.07) is 6.62. The Kier molecular flexibility index (Phi) is 5.99. The van der Waals surface area contributed by atoms with Gasteiger partial charge in [-0.25, -0.2) is 4.79 Å². The van der Waals surface area contributed by atoms with Crippen LogP contribution in [0, 0.1) is 0 Å². The maximum absolute atomic E-state index is 10.9. The number of carbonyl (C=O) groups excluding carboxylic acids is 1. The third-order valence-corrected chi connectivity index (χ3v) is 1.56. The molecule has 3 nitrogen and oxygen atoms in total. The summed E-state index contributed by atoms with van der Waals surface area (Å²) in [5.74, 6) is -0.362. The van der Waals surface area contributed by atoms with Crippen molar-refractivity contribution in [2.24, 2.45) is 0 Å². The molecule has 0 heterocycles. The third-order valence-electron chi connectivity index (χ3n) is 1.56. The van der Waals surface area contributed by atoms with Crippen molar-refractivity contribution in [3.8, 4) is 0 Å². The van der Waals surface area contributed by atoms with Crippen molar-refractivity contribution >= 4 is 5.97 Å². The number of hydrogen-bond donors (Lipinski definition) is 1. The molecule has 0 atom stereocenters. The van der Waals surface area contributed by atoms with E-state index >= 15 is 0 Å². The van der Waals surface area contributed by atoms with Crippen LogP contribution in [0.4, 0.5) is 0 Å². The fraction of sp³-hybridized carbons (Fsp3) is 0.222. The molecule has 0 spiro atoms. The predicted molar refractivity (Wildman–Crippen MR) is 44.8 cm³/mol. The molecule has 0 unspecified atom stereocenters. The van der Waals surface area contributed by atoms with Gasteiger partial charge in [0.05, 0.1) is 19.3 Å². The predicted octanol–water partition coefficient (Wildman–Crippen LogP) is -1.92. The van der Waals surface area contributed by atoms with E-state index in [0.29, 0.717) is 5.56 Å². The summed E-state index contributed by atoms with van der Waals surface area (Å²) in [7, 11) is 1.34. The molecule has 1 rings (SSSR count). The number of aliphatic hydroxyl groups excluding tert-OH is 1. The number of hydrogen-bond acceptors (Lipinski definition) is 3. The number of methoxy groups -OCH3 is 1. The maximum Gasteiger partial charge on any atom is 1.00 e. The fourth-order valence-corrected chi connectivity index (χ4v) is 0.864. The largest absolute Gasteiger partial charge is 1.00 e. The van der Waals surface area contributed by atoms with Crippen LogP contribution in [0.15, 0.2) is 24.3 Å². The Morgan fingerprint density at radius 1 is 1.46 bits per heavy atom. The first kappa shape index (κ1) is 12.7. The number of carbonyl (C=O) groups is 1. The number of rotatable bonds is 2. The van der Waals surface area contributed by atoms with Crippen molar-refractivity contribution in [2.75, 3.05) is 7.11 Å². The normalized spacial score (nSPS) is 8.77. The molecule has 1 N–H and O–H groups in total. The van der Waals surface area contributed by atoms with Crippen molar-refractivity contribution in [1.29, 1.82) is 0 Å². The third kappa shape index (κ3) is 3.48. The molecule has 0 aromatic heterocycles. The zero-order chi connectivity index (χ0) is 8.97. The van der Waals surface area contributed by atoms with E-state index in [1.165, 1.54) is 7.11 Å². The first-order chi connectivity index (χ1) is 5.77. The van der Waals surface area contributed by atoms with Crippen molar-refractivity contribution < 1.29 is 45.6 Å². The van der Waals surface area contributed by atoms with Crippen molar-refractivity contribution in [1.82, 2.24) is 0 Å². The monoisotopic (exact) mass is 190 g/mol. The Morgan fingerprint density at radius 3 is 2.38 bits per heavy atom. The molecule has 0 bridgehead atoms. The second kappa shape index (κ2) is 6.16. The molecule has 0 saturated heterocycles. The van der Waals surface area contributed by atoms with Crippen molar-refractivity contribution in [2.45, 2.75) is 6.61 Å². The second-order valence-electron chi connectivity index (χ2n) is 2.35. The van der Waals surface area contributed by atoms with Crippen LogP contribution in [-0.4, -0.2) is 18.2 Å². The first-order valence-electron chi connectivity index (χ1n) is 3.56. The zero-order valence-electron chi connectivity index (χ0n) is 8.78. The van der Waals surface area contributed by atoms with Crippen molar-refractivity contribution in [3.05, 3.63) is 35.4 Å². The minimum Gasteiger partial charge on any atom is -1.00 e. The number of esters is 1. The summed E-state index contributed by atoms with van der Waals surface area (Å²) in [6.45, 7) is -0.0124. The molecular formula is C9H11NaO3. The molecule has 0 aliphatic carbocycles. The zero-order valence-corrected chi connectivity index (χ0v) is 9.78. The van der Waals surface area contributed by atoms with Crippen LogP contribution in [0.25, 0.3) is 0 Å². The summed E-state index contributed by atoms with van der Waals surface area (Å²) >= 11 is 0. The molecule has 0 amide bonds. The van der Waals surface area contributed by atoms with Gasteiger partial charge in [0.15, 0.2) is 0 Å². The van der Waals surface area contributed by atoms with E-state index in [4.69, 9.17) is 5.11 Å². The van der Waals surface area contributed by atoms with Gasteiger partial charge in [-0.05, 0) is 17.7 Å². The molecule has 0 radical (unpaired) electrons. The summed E-state index contributed by atoms with van der Waals surface area (Å²) in [4.78, 5) is 10.9. The van der Waals surface area contributed by atoms with E-state index in [1.807, 2.05) is 0 Å². The molecule has 0 saturated carbocycles. The standard InChI is InChI=1S/C9H10O3.Na.H/c1-12-9(11)8-4-2-7(6-10)3-5-8;;/h2-5,10H,6H2,1H3;;/q;+1;-1. The average molecular weight is 190 g/mol. The summed E-state index contributed by atoms with van der Waals surface area (Å²) < 4.78 is 4.51. The van der Waals surface area contributed by atoms with E-state index in [-0.39, 0.29) is 43.6 Å². The van der Waals surface area contributed by atoms with Gasteiger partial charge in [-0.15, -0.1) is 0 Å². The van der Waals surface area contributed by atoms with Gasteiger partial charge in [0.2, 0.25) is 0 Å². The minimum absolute atomic E-state index is 0. The molecular weight excluding hydrogens is 179 g/mol. The quantitative estimate of drug-likeness (QED) is 0.437. The van der Waals surface area contributed by atoms with E-state index in [9.17, 15) is 4.79 Å². The Morgan fingerprint density at radius 2 is 2.00 bits per heavy atom. The minimum atomic E-state index is -0.362. The topological polar surface area (TPSA) is 46.5 Å². The Balaban J connectivity index is 0. The van der Waals surface area contributed by atoms with Crippen LogP contribution in [0.1, 0.15) is 17.3 Å². The molecule has 0 fully saturated rings. The smallest absolute Gasteiger partial charge is 1.00 e. The van der Waals surface area contributed by atoms with Crippen LogP contribution >= 0.6 is 0 Å². The van der Waals surface area contributed by atoms with E-state index in [1.54, 1.807) is 24.3 Å². The van der Waals surface area contributed by atoms with Gasteiger partial charge in [-0.1, -0.05) is 12.1 Å². The molecule has 1 aromatic carbocycles. The van der Waals surface area contributed by atoms with E-state index in [0.717, 1.165) is 5.56 Å². The van der Waals surface area contributed by atoms with Gasteiger partial charge in [0, 0.05) is 0 Å². The van der Waals surface area contributed by atoms with Crippen LogP contribution in [0.2, 0.25) is 0 Å². The van der Waals surface area contributed by atoms with Gasteiger partial charge in [0.25, 0.3) is 0 Å². The first-order valence-corrected chi connectivity index (χ1v) is 3.56. The summed E-state index contributed by atoms with van der Waals surface area (Å²) in [5.41, 5.74) is 1.28. The van der Waals surface area contributed by atoms with Crippen LogP contribution in [0.5, 0.6) is 0 Å². The fourth-order valence-electron chi connectivity index (χ4n) is 0.864. The Bertz CT molecular complexity index is 274. The summed E-state index contributed by atoms with van der Waals surface area (Å²) in [6.07, 6.45) is 0. The SMILES string of the molecule is COC(=O)c1ccc(CO)cc1.[H-].[Na+]. The van der Waals surface area contributed by atoms with Gasteiger partial charge >= 0.3 is 35.5 Å². The second-order valence-corrected chi connectivity index (χ2v) is 2.35. The molecule has 13 heavy (non-hydrogen) atoms. The number of benzene rings is 1. The molecule has 1 aromatic rings. The average Bonchev–Trinajstić information content (AvgIpc) is 2.17. The van der Waals surface area contributed by atoms with Crippen LogP contribution < -0.4 is 29.6 Å².